The number of para-hydroxylation sites is 1. The molecule has 0 radical (unpaired) electrons. The largest absolute Gasteiger partial charge is 0.392 e. The molecule has 1 aromatic carbocycles. The van der Waals surface area contributed by atoms with Gasteiger partial charge in [0.2, 0.25) is 0 Å². The molecule has 1 fully saturated rings. The summed E-state index contributed by atoms with van der Waals surface area (Å²) in [6.45, 7) is 4.76. The second-order valence-electron chi connectivity index (χ2n) is 4.82. The zero-order chi connectivity index (χ0) is 12.8. The highest BCUT2D eigenvalue weighted by Gasteiger charge is 2.16. The van der Waals surface area contributed by atoms with Gasteiger partial charge in [-0.25, -0.2) is 0 Å². The molecular weight excluding hydrogens is 228 g/mol. The Morgan fingerprint density at radius 1 is 1.50 bits per heavy atom. The van der Waals surface area contributed by atoms with Crippen LogP contribution in [0.5, 0.6) is 0 Å². The van der Waals surface area contributed by atoms with Gasteiger partial charge in [-0.05, 0) is 19.4 Å². The fourth-order valence-electron chi connectivity index (χ4n) is 2.32. The summed E-state index contributed by atoms with van der Waals surface area (Å²) >= 11 is 0. The first-order valence-corrected chi connectivity index (χ1v) is 6.56. The number of rotatable bonds is 5. The molecule has 4 nitrogen and oxygen atoms in total. The second-order valence-corrected chi connectivity index (χ2v) is 4.82. The van der Waals surface area contributed by atoms with E-state index in [1.54, 1.807) is 0 Å². The summed E-state index contributed by atoms with van der Waals surface area (Å²) in [6.07, 6.45) is 1.01. The van der Waals surface area contributed by atoms with Gasteiger partial charge in [0.15, 0.2) is 0 Å². The lowest BCUT2D eigenvalue weighted by Gasteiger charge is -2.27. The average molecular weight is 250 g/mol. The van der Waals surface area contributed by atoms with Gasteiger partial charge >= 0.3 is 0 Å². The van der Waals surface area contributed by atoms with Crippen molar-refractivity contribution in [1.82, 2.24) is 5.32 Å². The normalized spacial score (nSPS) is 21.6. The third-order valence-corrected chi connectivity index (χ3v) is 3.23. The number of morpholine rings is 1. The molecule has 0 bridgehead atoms. The van der Waals surface area contributed by atoms with Gasteiger partial charge in [0, 0.05) is 29.9 Å². The van der Waals surface area contributed by atoms with Crippen molar-refractivity contribution >= 4 is 5.69 Å². The van der Waals surface area contributed by atoms with Gasteiger partial charge in [0.25, 0.3) is 0 Å². The van der Waals surface area contributed by atoms with Crippen LogP contribution in [0, 0.1) is 0 Å². The van der Waals surface area contributed by atoms with Gasteiger partial charge in [-0.15, -0.1) is 0 Å². The fraction of sp³-hybridized carbons (Fsp3) is 0.571. The van der Waals surface area contributed by atoms with Crippen LogP contribution in [0.4, 0.5) is 5.69 Å². The van der Waals surface area contributed by atoms with E-state index in [1.165, 1.54) is 0 Å². The zero-order valence-corrected chi connectivity index (χ0v) is 10.9. The molecule has 18 heavy (non-hydrogen) atoms. The molecule has 1 saturated heterocycles. The van der Waals surface area contributed by atoms with E-state index in [4.69, 9.17) is 4.74 Å². The predicted octanol–water partition coefficient (Wildman–Crippen LogP) is 1.36. The van der Waals surface area contributed by atoms with Crippen molar-refractivity contribution in [3.63, 3.8) is 0 Å². The first kappa shape index (κ1) is 13.3. The number of anilines is 1. The number of hydrogen-bond donors (Lipinski definition) is 3. The summed E-state index contributed by atoms with van der Waals surface area (Å²) in [7, 11) is 0. The van der Waals surface area contributed by atoms with Crippen LogP contribution >= 0.6 is 0 Å². The highest BCUT2D eigenvalue weighted by Crippen LogP contribution is 2.17. The highest BCUT2D eigenvalue weighted by molar-refractivity contribution is 5.51. The molecule has 1 aliphatic heterocycles. The number of benzene rings is 1. The molecule has 1 heterocycles. The number of hydrogen-bond acceptors (Lipinski definition) is 4. The van der Waals surface area contributed by atoms with Crippen molar-refractivity contribution in [2.75, 3.05) is 25.1 Å². The Morgan fingerprint density at radius 2 is 2.33 bits per heavy atom. The fourth-order valence-corrected chi connectivity index (χ4v) is 2.32. The number of aliphatic hydroxyl groups excluding tert-OH is 1. The van der Waals surface area contributed by atoms with Crippen molar-refractivity contribution in [3.05, 3.63) is 29.8 Å². The maximum Gasteiger partial charge on any atom is 0.0701 e. The second kappa shape index (κ2) is 6.73. The van der Waals surface area contributed by atoms with Gasteiger partial charge in [-0.1, -0.05) is 18.2 Å². The van der Waals surface area contributed by atoms with Crippen LogP contribution in [0.3, 0.4) is 0 Å². The predicted molar refractivity (Wildman–Crippen MR) is 72.7 cm³/mol. The summed E-state index contributed by atoms with van der Waals surface area (Å²) in [6, 6.07) is 8.64. The van der Waals surface area contributed by atoms with Crippen molar-refractivity contribution in [2.45, 2.75) is 32.0 Å². The molecule has 2 rings (SSSR count). The maximum absolute atomic E-state index is 9.28. The van der Waals surface area contributed by atoms with Crippen molar-refractivity contribution < 1.29 is 9.84 Å². The minimum absolute atomic E-state index is 0.0701. The molecule has 2 unspecified atom stereocenters. The van der Waals surface area contributed by atoms with Crippen LogP contribution in [0.15, 0.2) is 24.3 Å². The van der Waals surface area contributed by atoms with E-state index in [9.17, 15) is 5.11 Å². The van der Waals surface area contributed by atoms with Crippen molar-refractivity contribution in [1.29, 1.82) is 0 Å². The lowest BCUT2D eigenvalue weighted by molar-refractivity contribution is 0.0731. The molecular formula is C14H22N2O2. The molecule has 0 saturated carbocycles. The van der Waals surface area contributed by atoms with Crippen LogP contribution in [-0.4, -0.2) is 36.9 Å². The number of aliphatic hydroxyl groups is 1. The number of nitrogens with one attached hydrogen (secondary N) is 2. The Labute approximate surface area is 108 Å². The van der Waals surface area contributed by atoms with E-state index in [0.29, 0.717) is 12.1 Å². The quantitative estimate of drug-likeness (QED) is 0.738. The molecule has 0 amide bonds. The highest BCUT2D eigenvalue weighted by atomic mass is 16.5. The molecule has 4 heteroatoms. The molecule has 1 aromatic rings. The van der Waals surface area contributed by atoms with Gasteiger partial charge in [-0.3, -0.25) is 0 Å². The summed E-state index contributed by atoms with van der Waals surface area (Å²) < 4.78 is 5.45. The van der Waals surface area contributed by atoms with Crippen LogP contribution in [-0.2, 0) is 11.3 Å². The lowest BCUT2D eigenvalue weighted by atomic mass is 10.1. The van der Waals surface area contributed by atoms with Crippen LogP contribution in [0.25, 0.3) is 0 Å². The van der Waals surface area contributed by atoms with Gasteiger partial charge in [0.05, 0.1) is 19.8 Å². The number of ether oxygens (including phenoxy) is 1. The molecule has 2 atom stereocenters. The van der Waals surface area contributed by atoms with Crippen LogP contribution < -0.4 is 10.6 Å². The summed E-state index contributed by atoms with van der Waals surface area (Å²) in [5.74, 6) is 0. The van der Waals surface area contributed by atoms with Crippen LogP contribution in [0.1, 0.15) is 18.9 Å². The Bertz CT molecular complexity index is 365. The monoisotopic (exact) mass is 250 g/mol. The summed E-state index contributed by atoms with van der Waals surface area (Å²) in [4.78, 5) is 0. The third kappa shape index (κ3) is 3.70. The first-order valence-electron chi connectivity index (χ1n) is 6.56. The van der Waals surface area contributed by atoms with Crippen LogP contribution in [0.2, 0.25) is 0 Å². The lowest BCUT2D eigenvalue weighted by Crippen LogP contribution is -2.43. The Balaban J connectivity index is 1.87. The molecule has 100 valence electrons. The molecule has 0 spiro atoms. The van der Waals surface area contributed by atoms with Gasteiger partial charge in [0.1, 0.15) is 0 Å². The van der Waals surface area contributed by atoms with E-state index >= 15 is 0 Å². The molecule has 0 aromatic heterocycles. The van der Waals surface area contributed by atoms with Crippen molar-refractivity contribution in [2.24, 2.45) is 0 Å². The van der Waals surface area contributed by atoms with E-state index in [-0.39, 0.29) is 6.61 Å². The van der Waals surface area contributed by atoms with E-state index in [2.05, 4.69) is 17.6 Å². The van der Waals surface area contributed by atoms with Gasteiger partial charge < -0.3 is 20.5 Å². The minimum atomic E-state index is 0.0701. The molecule has 0 aliphatic carbocycles. The molecule has 3 N–H and O–H groups in total. The smallest absolute Gasteiger partial charge is 0.0701 e. The summed E-state index contributed by atoms with van der Waals surface area (Å²) in [5, 5.41) is 16.2. The summed E-state index contributed by atoms with van der Waals surface area (Å²) in [5.41, 5.74) is 1.96. The topological polar surface area (TPSA) is 53.5 Å². The van der Waals surface area contributed by atoms with Crippen molar-refractivity contribution in [3.8, 4) is 0 Å². The molecule has 1 aliphatic rings. The maximum atomic E-state index is 9.28. The average Bonchev–Trinajstić information content (AvgIpc) is 2.40. The van der Waals surface area contributed by atoms with Gasteiger partial charge in [-0.2, -0.15) is 0 Å². The Kier molecular flexibility index (Phi) is 4.99. The SMILES string of the molecule is CC(CC1COCCN1)Nc1ccccc1CO. The zero-order valence-electron chi connectivity index (χ0n) is 10.9. The standard InChI is InChI=1S/C14H22N2O2/c1-11(8-13-10-18-7-6-15-13)16-14-5-3-2-4-12(14)9-17/h2-5,11,13,15-17H,6-10H2,1H3. The van der Waals surface area contributed by atoms with E-state index in [0.717, 1.165) is 37.4 Å². The Hall–Kier alpha value is -1.10. The Morgan fingerprint density at radius 3 is 3.06 bits per heavy atom. The third-order valence-electron chi connectivity index (χ3n) is 3.23. The minimum Gasteiger partial charge on any atom is -0.392 e. The van der Waals surface area contributed by atoms with E-state index < -0.39 is 0 Å². The van der Waals surface area contributed by atoms with E-state index in [1.807, 2.05) is 24.3 Å². The first-order chi connectivity index (χ1) is 8.79.